The fourth-order valence-electron chi connectivity index (χ4n) is 3.23. The van der Waals surface area contributed by atoms with Crippen molar-refractivity contribution in [3.8, 4) is 5.69 Å². The zero-order valence-corrected chi connectivity index (χ0v) is 15.8. The van der Waals surface area contributed by atoms with Crippen molar-refractivity contribution in [1.82, 2.24) is 14.5 Å². The molecule has 0 bridgehead atoms. The highest BCUT2D eigenvalue weighted by molar-refractivity contribution is 5.77. The van der Waals surface area contributed by atoms with Gasteiger partial charge < -0.3 is 5.32 Å². The van der Waals surface area contributed by atoms with Gasteiger partial charge in [-0.15, -0.1) is 0 Å². The number of anilines is 2. The molecule has 4 rings (SSSR count). The molecule has 28 heavy (non-hydrogen) atoms. The van der Waals surface area contributed by atoms with Gasteiger partial charge in [0.05, 0.1) is 16.6 Å². The highest BCUT2D eigenvalue weighted by atomic mass is 16.1. The number of aryl methyl sites for hydroxylation is 1. The molecular weight excluding hydrogens is 348 g/mol. The summed E-state index contributed by atoms with van der Waals surface area (Å²) in [7, 11) is 0. The zero-order valence-electron chi connectivity index (χ0n) is 15.8. The lowest BCUT2D eigenvalue weighted by Gasteiger charge is -2.14. The summed E-state index contributed by atoms with van der Waals surface area (Å²) in [6.07, 6.45) is 4.56. The van der Waals surface area contributed by atoms with Crippen LogP contribution in [0.3, 0.4) is 0 Å². The van der Waals surface area contributed by atoms with Gasteiger partial charge >= 0.3 is 0 Å². The monoisotopic (exact) mass is 370 g/mol. The first-order chi connectivity index (χ1) is 13.8. The van der Waals surface area contributed by atoms with Crippen LogP contribution in [0.15, 0.2) is 77.7 Å². The van der Waals surface area contributed by atoms with Crippen LogP contribution in [0.4, 0.5) is 11.5 Å². The van der Waals surface area contributed by atoms with Crippen LogP contribution >= 0.6 is 0 Å². The van der Waals surface area contributed by atoms with Crippen LogP contribution in [0, 0.1) is 0 Å². The molecular formula is C23H22N4O. The molecule has 4 aromatic rings. The summed E-state index contributed by atoms with van der Waals surface area (Å²) in [5.74, 6) is 1.58. The Kier molecular flexibility index (Phi) is 5.15. The molecule has 5 nitrogen and oxygen atoms in total. The van der Waals surface area contributed by atoms with E-state index in [9.17, 15) is 4.79 Å². The van der Waals surface area contributed by atoms with Crippen molar-refractivity contribution in [1.29, 1.82) is 0 Å². The van der Waals surface area contributed by atoms with Crippen molar-refractivity contribution in [2.24, 2.45) is 0 Å². The lowest BCUT2D eigenvalue weighted by molar-refractivity contribution is 0.720. The van der Waals surface area contributed by atoms with E-state index in [1.54, 1.807) is 10.8 Å². The standard InChI is InChI=1S/C23H22N4O/c1-2-3-11-22-26-20-9-5-4-8-19(20)23(28)27(22)18-14-12-17(13-15-18)25-21-10-6-7-16-24-21/h4-10,12-16H,2-3,11H2,1H3,(H,24,25). The minimum absolute atomic E-state index is 0.0258. The lowest BCUT2D eigenvalue weighted by atomic mass is 10.2. The van der Waals surface area contributed by atoms with Crippen LogP contribution in [0.1, 0.15) is 25.6 Å². The van der Waals surface area contributed by atoms with Gasteiger partial charge in [-0.25, -0.2) is 9.97 Å². The molecule has 0 aliphatic heterocycles. The summed E-state index contributed by atoms with van der Waals surface area (Å²) in [4.78, 5) is 22.2. The third kappa shape index (κ3) is 3.64. The number of para-hydroxylation sites is 1. The van der Waals surface area contributed by atoms with Gasteiger partial charge in [-0.05, 0) is 55.0 Å². The van der Waals surface area contributed by atoms with Crippen molar-refractivity contribution in [2.75, 3.05) is 5.32 Å². The molecule has 0 unspecified atom stereocenters. The second-order valence-electron chi connectivity index (χ2n) is 6.68. The third-order valence-corrected chi connectivity index (χ3v) is 4.66. The van der Waals surface area contributed by atoms with Crippen LogP contribution in [0.5, 0.6) is 0 Å². The average molecular weight is 370 g/mol. The Balaban J connectivity index is 1.75. The van der Waals surface area contributed by atoms with Crippen LogP contribution < -0.4 is 10.9 Å². The zero-order chi connectivity index (χ0) is 19.3. The van der Waals surface area contributed by atoms with E-state index in [1.807, 2.05) is 66.7 Å². The molecule has 0 saturated carbocycles. The largest absolute Gasteiger partial charge is 0.340 e. The van der Waals surface area contributed by atoms with Gasteiger partial charge in [0.1, 0.15) is 11.6 Å². The topological polar surface area (TPSA) is 59.8 Å². The molecule has 2 aromatic heterocycles. The quantitative estimate of drug-likeness (QED) is 0.526. The van der Waals surface area contributed by atoms with Gasteiger partial charge in [0.25, 0.3) is 5.56 Å². The number of hydrogen-bond acceptors (Lipinski definition) is 4. The number of pyridine rings is 1. The summed E-state index contributed by atoms with van der Waals surface area (Å²) in [5.41, 5.74) is 2.46. The Morgan fingerprint density at radius 2 is 1.75 bits per heavy atom. The maximum Gasteiger partial charge on any atom is 0.265 e. The van der Waals surface area contributed by atoms with E-state index in [4.69, 9.17) is 4.98 Å². The molecule has 0 aliphatic carbocycles. The van der Waals surface area contributed by atoms with E-state index < -0.39 is 0 Å². The molecule has 1 N–H and O–H groups in total. The molecule has 0 saturated heterocycles. The molecule has 0 spiro atoms. The van der Waals surface area contributed by atoms with Crippen LogP contribution in [0.2, 0.25) is 0 Å². The van der Waals surface area contributed by atoms with Crippen molar-refractivity contribution in [2.45, 2.75) is 26.2 Å². The van der Waals surface area contributed by atoms with E-state index in [0.717, 1.165) is 47.8 Å². The number of fused-ring (bicyclic) bond motifs is 1. The first-order valence-electron chi connectivity index (χ1n) is 9.55. The smallest absolute Gasteiger partial charge is 0.265 e. The highest BCUT2D eigenvalue weighted by Gasteiger charge is 2.12. The van der Waals surface area contributed by atoms with Crippen LogP contribution in [-0.4, -0.2) is 14.5 Å². The molecule has 0 atom stereocenters. The van der Waals surface area contributed by atoms with E-state index in [0.29, 0.717) is 5.39 Å². The second kappa shape index (κ2) is 8.05. The van der Waals surface area contributed by atoms with Crippen molar-refractivity contribution < 1.29 is 0 Å². The molecule has 2 aromatic carbocycles. The molecule has 0 amide bonds. The number of aromatic nitrogens is 3. The predicted octanol–water partition coefficient (Wildman–Crippen LogP) is 4.87. The number of unbranched alkanes of at least 4 members (excludes halogenated alkanes) is 1. The van der Waals surface area contributed by atoms with Gasteiger partial charge in [0.2, 0.25) is 0 Å². The normalized spacial score (nSPS) is 10.9. The summed E-state index contributed by atoms with van der Waals surface area (Å²) in [6, 6.07) is 21.0. The minimum atomic E-state index is -0.0258. The van der Waals surface area contributed by atoms with E-state index in [2.05, 4.69) is 17.2 Å². The Morgan fingerprint density at radius 1 is 0.964 bits per heavy atom. The van der Waals surface area contributed by atoms with Gasteiger partial charge in [-0.1, -0.05) is 31.5 Å². The first-order valence-corrected chi connectivity index (χ1v) is 9.55. The van der Waals surface area contributed by atoms with Crippen molar-refractivity contribution in [3.63, 3.8) is 0 Å². The number of hydrogen-bond donors (Lipinski definition) is 1. The lowest BCUT2D eigenvalue weighted by Crippen LogP contribution is -2.24. The summed E-state index contributed by atoms with van der Waals surface area (Å²) in [6.45, 7) is 2.14. The molecule has 2 heterocycles. The maximum atomic E-state index is 13.2. The minimum Gasteiger partial charge on any atom is -0.340 e. The Hall–Kier alpha value is -3.47. The second-order valence-corrected chi connectivity index (χ2v) is 6.68. The van der Waals surface area contributed by atoms with Gasteiger partial charge in [-0.2, -0.15) is 0 Å². The predicted molar refractivity (Wildman–Crippen MR) is 113 cm³/mol. The summed E-state index contributed by atoms with van der Waals surface area (Å²) >= 11 is 0. The Bertz CT molecular complexity index is 1130. The summed E-state index contributed by atoms with van der Waals surface area (Å²) in [5, 5.41) is 3.90. The number of nitrogens with one attached hydrogen (secondary N) is 1. The number of nitrogens with zero attached hydrogens (tertiary/aromatic N) is 3. The summed E-state index contributed by atoms with van der Waals surface area (Å²) < 4.78 is 1.74. The fourth-order valence-corrected chi connectivity index (χ4v) is 3.23. The third-order valence-electron chi connectivity index (χ3n) is 4.66. The maximum absolute atomic E-state index is 13.2. The van der Waals surface area contributed by atoms with Crippen LogP contribution in [-0.2, 0) is 6.42 Å². The Morgan fingerprint density at radius 3 is 2.50 bits per heavy atom. The SMILES string of the molecule is CCCCc1nc2ccccc2c(=O)n1-c1ccc(Nc2ccccn2)cc1. The first kappa shape index (κ1) is 17.9. The van der Waals surface area contributed by atoms with Gasteiger partial charge in [0.15, 0.2) is 0 Å². The fraction of sp³-hybridized carbons (Fsp3) is 0.174. The molecule has 140 valence electrons. The molecule has 0 aliphatic rings. The van der Waals surface area contributed by atoms with Gasteiger partial charge in [0, 0.05) is 18.3 Å². The van der Waals surface area contributed by atoms with E-state index in [-0.39, 0.29) is 5.56 Å². The number of rotatable bonds is 6. The average Bonchev–Trinajstić information content (AvgIpc) is 2.74. The van der Waals surface area contributed by atoms with E-state index in [1.165, 1.54) is 0 Å². The van der Waals surface area contributed by atoms with Crippen molar-refractivity contribution in [3.05, 3.63) is 89.1 Å². The molecule has 0 radical (unpaired) electrons. The highest BCUT2D eigenvalue weighted by Crippen LogP contribution is 2.19. The van der Waals surface area contributed by atoms with E-state index >= 15 is 0 Å². The Labute approximate surface area is 163 Å². The number of benzene rings is 2. The van der Waals surface area contributed by atoms with Crippen LogP contribution in [0.25, 0.3) is 16.6 Å². The van der Waals surface area contributed by atoms with Crippen molar-refractivity contribution >= 4 is 22.4 Å². The molecule has 5 heteroatoms. The molecule has 0 fully saturated rings. The van der Waals surface area contributed by atoms with Gasteiger partial charge in [-0.3, -0.25) is 9.36 Å².